The lowest BCUT2D eigenvalue weighted by Crippen LogP contribution is -2.36. The fourth-order valence-corrected chi connectivity index (χ4v) is 2.40. The lowest BCUT2D eigenvalue weighted by molar-refractivity contribution is 0.171. The summed E-state index contributed by atoms with van der Waals surface area (Å²) in [6.45, 7) is 9.49. The van der Waals surface area contributed by atoms with Crippen molar-refractivity contribution in [3.63, 3.8) is 0 Å². The van der Waals surface area contributed by atoms with Crippen LogP contribution in [0.15, 0.2) is 23.5 Å². The van der Waals surface area contributed by atoms with Crippen LogP contribution in [0.25, 0.3) is 0 Å². The Hall–Kier alpha value is -1.29. The number of aryl methyl sites for hydroxylation is 1. The predicted octanol–water partition coefficient (Wildman–Crippen LogP) is 3.39. The van der Waals surface area contributed by atoms with E-state index in [1.807, 2.05) is 33.0 Å². The molecule has 0 radical (unpaired) electrons. The summed E-state index contributed by atoms with van der Waals surface area (Å²) in [5, 5.41) is 3.02. The Kier molecular flexibility index (Phi) is 7.26. The van der Waals surface area contributed by atoms with Gasteiger partial charge in [0.2, 0.25) is 0 Å². The van der Waals surface area contributed by atoms with Gasteiger partial charge in [0.05, 0.1) is 6.54 Å². The molecule has 1 aromatic heterocycles. The molecule has 0 aromatic carbocycles. The molecule has 19 heavy (non-hydrogen) atoms. The Morgan fingerprint density at radius 2 is 2.21 bits per heavy atom. The van der Waals surface area contributed by atoms with Crippen molar-refractivity contribution < 1.29 is 0 Å². The van der Waals surface area contributed by atoms with E-state index in [9.17, 15) is 4.91 Å². The first-order chi connectivity index (χ1) is 9.28. The first-order valence-electron chi connectivity index (χ1n) is 7.21. The van der Waals surface area contributed by atoms with Crippen LogP contribution in [0.2, 0.25) is 0 Å². The summed E-state index contributed by atoms with van der Waals surface area (Å²) in [4.78, 5) is 17.0. The zero-order chi connectivity index (χ0) is 14.1. The smallest absolute Gasteiger partial charge is 0.0851 e. The molecule has 1 aliphatic heterocycles. The molecule has 1 fully saturated rings. The third-order valence-corrected chi connectivity index (χ3v) is 3.31. The summed E-state index contributed by atoms with van der Waals surface area (Å²) in [7, 11) is 0. The van der Waals surface area contributed by atoms with Gasteiger partial charge in [0.25, 0.3) is 0 Å². The number of pyridine rings is 1. The van der Waals surface area contributed by atoms with E-state index in [2.05, 4.69) is 21.1 Å². The summed E-state index contributed by atoms with van der Waals surface area (Å²) >= 11 is 0. The number of nitroso groups, excluding NO2 is 1. The maximum atomic E-state index is 10.3. The molecule has 0 amide bonds. The van der Waals surface area contributed by atoms with Crippen LogP contribution in [-0.2, 0) is 6.54 Å². The lowest BCUT2D eigenvalue weighted by atomic mass is 9.98. The Morgan fingerprint density at radius 3 is 2.84 bits per heavy atom. The number of likely N-dealkylation sites (tertiary alicyclic amines) is 1. The van der Waals surface area contributed by atoms with Gasteiger partial charge in [0, 0.05) is 25.0 Å². The molecular weight excluding hydrogens is 238 g/mol. The average Bonchev–Trinajstić information content (AvgIpc) is 2.45. The highest BCUT2D eigenvalue weighted by Crippen LogP contribution is 2.18. The Morgan fingerprint density at radius 1 is 1.42 bits per heavy atom. The van der Waals surface area contributed by atoms with Crippen LogP contribution in [0.3, 0.4) is 0 Å². The van der Waals surface area contributed by atoms with Crippen LogP contribution < -0.4 is 0 Å². The Balaban J connectivity index is 0.000000861. The molecule has 106 valence electrons. The molecule has 1 saturated heterocycles. The van der Waals surface area contributed by atoms with Crippen molar-refractivity contribution in [3.05, 3.63) is 34.5 Å². The van der Waals surface area contributed by atoms with E-state index in [1.165, 1.54) is 12.0 Å². The molecule has 4 nitrogen and oxygen atoms in total. The van der Waals surface area contributed by atoms with Crippen LogP contribution in [0.5, 0.6) is 0 Å². The topological polar surface area (TPSA) is 45.6 Å². The van der Waals surface area contributed by atoms with Crippen LogP contribution in [-0.4, -0.2) is 29.5 Å². The molecule has 0 N–H and O–H groups in total. The Labute approximate surface area is 116 Å². The molecule has 1 unspecified atom stereocenters. The van der Waals surface area contributed by atoms with E-state index in [1.54, 1.807) is 0 Å². The summed E-state index contributed by atoms with van der Waals surface area (Å²) in [6, 6.07) is 4.17. The van der Waals surface area contributed by atoms with Gasteiger partial charge in [-0.25, -0.2) is 0 Å². The molecular formula is C15H25N3O. The molecule has 1 atom stereocenters. The van der Waals surface area contributed by atoms with E-state index in [0.717, 1.165) is 31.7 Å². The second kappa shape index (κ2) is 8.75. The summed E-state index contributed by atoms with van der Waals surface area (Å²) in [5.41, 5.74) is 2.30. The number of hydrogen-bond donors (Lipinski definition) is 0. The van der Waals surface area contributed by atoms with E-state index in [-0.39, 0.29) is 0 Å². The largest absolute Gasteiger partial charge is 0.299 e. The van der Waals surface area contributed by atoms with Crippen molar-refractivity contribution in [1.29, 1.82) is 0 Å². The number of rotatable bonds is 4. The molecule has 0 saturated carbocycles. The second-order valence-electron chi connectivity index (χ2n) is 4.86. The van der Waals surface area contributed by atoms with Gasteiger partial charge >= 0.3 is 0 Å². The molecule has 0 spiro atoms. The quantitative estimate of drug-likeness (QED) is 0.782. The molecule has 4 heteroatoms. The maximum Gasteiger partial charge on any atom is 0.0851 e. The van der Waals surface area contributed by atoms with Gasteiger partial charge < -0.3 is 0 Å². The number of aromatic nitrogens is 1. The van der Waals surface area contributed by atoms with Crippen molar-refractivity contribution >= 4 is 0 Å². The zero-order valence-electron chi connectivity index (χ0n) is 12.3. The summed E-state index contributed by atoms with van der Waals surface area (Å²) < 4.78 is 0. The van der Waals surface area contributed by atoms with Crippen LogP contribution >= 0.6 is 0 Å². The third kappa shape index (κ3) is 5.47. The summed E-state index contributed by atoms with van der Waals surface area (Å²) in [5.74, 6) is 0.444. The molecule has 2 heterocycles. The first kappa shape index (κ1) is 15.8. The molecule has 1 aliphatic rings. The number of nitrogens with zero attached hydrogens (tertiary/aromatic N) is 3. The van der Waals surface area contributed by atoms with E-state index >= 15 is 0 Å². The first-order valence-corrected chi connectivity index (χ1v) is 7.21. The third-order valence-electron chi connectivity index (χ3n) is 3.31. The van der Waals surface area contributed by atoms with Crippen molar-refractivity contribution in [1.82, 2.24) is 9.88 Å². The van der Waals surface area contributed by atoms with Crippen molar-refractivity contribution in [2.45, 2.75) is 40.2 Å². The van der Waals surface area contributed by atoms with E-state index < -0.39 is 0 Å². The monoisotopic (exact) mass is 263 g/mol. The van der Waals surface area contributed by atoms with Gasteiger partial charge in [0.1, 0.15) is 0 Å². The highest BCUT2D eigenvalue weighted by atomic mass is 16.3. The van der Waals surface area contributed by atoms with Crippen molar-refractivity contribution in [2.75, 3.05) is 19.6 Å². The van der Waals surface area contributed by atoms with Gasteiger partial charge in [-0.1, -0.05) is 25.1 Å². The molecule has 1 aromatic rings. The normalized spacial score (nSPS) is 19.4. The fourth-order valence-electron chi connectivity index (χ4n) is 2.40. The van der Waals surface area contributed by atoms with Crippen molar-refractivity contribution in [2.24, 2.45) is 11.1 Å². The Bertz CT molecular complexity index is 364. The minimum atomic E-state index is 0.444. The highest BCUT2D eigenvalue weighted by molar-refractivity contribution is 5.13. The van der Waals surface area contributed by atoms with Gasteiger partial charge in [-0.05, 0) is 43.9 Å². The standard InChI is InChI=1S/C13H19N3O.C2H6/c1-11-4-5-13(7-14-11)10-16-6-2-3-12(9-16)8-15-17;1-2/h4-5,7,12H,2-3,6,8-10H2,1H3;1-2H3. The van der Waals surface area contributed by atoms with Crippen LogP contribution in [0, 0.1) is 17.7 Å². The minimum absolute atomic E-state index is 0.444. The van der Waals surface area contributed by atoms with Crippen LogP contribution in [0.4, 0.5) is 0 Å². The highest BCUT2D eigenvalue weighted by Gasteiger charge is 2.19. The van der Waals surface area contributed by atoms with Gasteiger partial charge in [-0.3, -0.25) is 9.88 Å². The number of piperidine rings is 1. The predicted molar refractivity (Wildman–Crippen MR) is 79.0 cm³/mol. The van der Waals surface area contributed by atoms with Gasteiger partial charge in [-0.2, -0.15) is 4.91 Å². The summed E-state index contributed by atoms with van der Waals surface area (Å²) in [6.07, 6.45) is 4.24. The fraction of sp³-hybridized carbons (Fsp3) is 0.667. The van der Waals surface area contributed by atoms with E-state index in [4.69, 9.17) is 0 Å². The van der Waals surface area contributed by atoms with Gasteiger partial charge in [0.15, 0.2) is 0 Å². The minimum Gasteiger partial charge on any atom is -0.299 e. The molecule has 0 aliphatic carbocycles. The molecule has 2 rings (SSSR count). The van der Waals surface area contributed by atoms with Gasteiger partial charge in [-0.15, -0.1) is 0 Å². The zero-order valence-corrected chi connectivity index (χ0v) is 12.3. The second-order valence-corrected chi connectivity index (χ2v) is 4.86. The van der Waals surface area contributed by atoms with E-state index in [0.29, 0.717) is 12.5 Å². The number of hydrogen-bond acceptors (Lipinski definition) is 4. The average molecular weight is 263 g/mol. The SMILES string of the molecule is CC.Cc1ccc(CN2CCCC(CN=O)C2)cn1. The lowest BCUT2D eigenvalue weighted by Gasteiger charge is -2.31. The molecule has 0 bridgehead atoms. The van der Waals surface area contributed by atoms with Crippen molar-refractivity contribution in [3.8, 4) is 0 Å². The maximum absolute atomic E-state index is 10.3. The van der Waals surface area contributed by atoms with Crippen LogP contribution in [0.1, 0.15) is 37.9 Å².